The second-order valence-corrected chi connectivity index (χ2v) is 2.63. The first kappa shape index (κ1) is 6.73. The van der Waals surface area contributed by atoms with E-state index in [9.17, 15) is 8.78 Å². The summed E-state index contributed by atoms with van der Waals surface area (Å²) < 4.78 is 25.0. The zero-order valence-electron chi connectivity index (χ0n) is 5.77. The summed E-state index contributed by atoms with van der Waals surface area (Å²) in [4.78, 5) is 0. The molecule has 58 valence electrons. The van der Waals surface area contributed by atoms with E-state index in [0.29, 0.717) is 0 Å². The number of hydrogen-bond acceptors (Lipinski definition) is 1. The Labute approximate surface area is 63.0 Å². The van der Waals surface area contributed by atoms with Gasteiger partial charge in [-0.05, 0) is 17.7 Å². The highest BCUT2D eigenvalue weighted by molar-refractivity contribution is 5.24. The van der Waals surface area contributed by atoms with Crippen molar-refractivity contribution in [2.24, 2.45) is 0 Å². The van der Waals surface area contributed by atoms with Crippen molar-refractivity contribution in [1.82, 2.24) is 5.32 Å². The fraction of sp³-hybridized carbons (Fsp3) is 0.250. The minimum Gasteiger partial charge on any atom is -0.307 e. The molecule has 1 fully saturated rings. The first-order valence-electron chi connectivity index (χ1n) is 3.46. The predicted octanol–water partition coefficient (Wildman–Crippen LogP) is 1.61. The van der Waals surface area contributed by atoms with Gasteiger partial charge in [0.15, 0.2) is 11.6 Å². The second kappa shape index (κ2) is 2.27. The molecule has 1 aliphatic heterocycles. The lowest BCUT2D eigenvalue weighted by Crippen LogP contribution is -1.88. The molecule has 1 nitrogen and oxygen atoms in total. The Morgan fingerprint density at radius 1 is 1.27 bits per heavy atom. The van der Waals surface area contributed by atoms with Gasteiger partial charge >= 0.3 is 0 Å². The van der Waals surface area contributed by atoms with Crippen molar-refractivity contribution in [1.29, 1.82) is 0 Å². The summed E-state index contributed by atoms with van der Waals surface area (Å²) >= 11 is 0. The smallest absolute Gasteiger partial charge is 0.159 e. The molecule has 0 aliphatic carbocycles. The van der Waals surface area contributed by atoms with Crippen LogP contribution in [0.2, 0.25) is 0 Å². The molecule has 0 radical (unpaired) electrons. The summed E-state index contributed by atoms with van der Waals surface area (Å²) in [5, 5.41) is 3.01. The molecule has 3 heteroatoms. The Morgan fingerprint density at radius 3 is 2.55 bits per heavy atom. The summed E-state index contributed by atoms with van der Waals surface area (Å²) in [5.41, 5.74) is 0.823. The highest BCUT2D eigenvalue weighted by Crippen LogP contribution is 2.22. The maximum Gasteiger partial charge on any atom is 0.159 e. The fourth-order valence-electron chi connectivity index (χ4n) is 1.02. The Balaban J connectivity index is 2.36. The van der Waals surface area contributed by atoms with Gasteiger partial charge in [-0.2, -0.15) is 0 Å². The predicted molar refractivity (Wildman–Crippen MR) is 37.1 cm³/mol. The monoisotopic (exact) mass is 155 g/mol. The van der Waals surface area contributed by atoms with Crippen LogP contribution in [-0.2, 0) is 0 Å². The van der Waals surface area contributed by atoms with Crippen LogP contribution in [0.1, 0.15) is 11.6 Å². The molecule has 1 aliphatic rings. The largest absolute Gasteiger partial charge is 0.307 e. The highest BCUT2D eigenvalue weighted by atomic mass is 19.2. The first-order chi connectivity index (χ1) is 5.27. The third-order valence-corrected chi connectivity index (χ3v) is 1.75. The third-order valence-electron chi connectivity index (χ3n) is 1.75. The molecule has 0 aromatic heterocycles. The Kier molecular flexibility index (Phi) is 1.39. The van der Waals surface area contributed by atoms with Gasteiger partial charge in [-0.3, -0.25) is 0 Å². The van der Waals surface area contributed by atoms with Crippen molar-refractivity contribution in [3.05, 3.63) is 35.4 Å². The van der Waals surface area contributed by atoms with Crippen LogP contribution in [0.3, 0.4) is 0 Å². The van der Waals surface area contributed by atoms with Crippen LogP contribution in [0.4, 0.5) is 8.78 Å². The van der Waals surface area contributed by atoms with Crippen molar-refractivity contribution in [3.8, 4) is 0 Å². The molecule has 1 heterocycles. The molecule has 0 amide bonds. The van der Waals surface area contributed by atoms with E-state index in [2.05, 4.69) is 5.32 Å². The van der Waals surface area contributed by atoms with Gasteiger partial charge in [0.1, 0.15) is 0 Å². The zero-order valence-corrected chi connectivity index (χ0v) is 5.77. The van der Waals surface area contributed by atoms with Gasteiger partial charge in [0, 0.05) is 12.6 Å². The van der Waals surface area contributed by atoms with Crippen molar-refractivity contribution >= 4 is 0 Å². The topological polar surface area (TPSA) is 21.9 Å². The molecule has 0 spiro atoms. The van der Waals surface area contributed by atoms with Crippen LogP contribution < -0.4 is 5.32 Å². The standard InChI is InChI=1S/C8H7F2N/c9-6-2-1-5(3-7(6)10)8-4-11-8/h1-3,8,11H,4H2. The van der Waals surface area contributed by atoms with Crippen LogP contribution >= 0.6 is 0 Å². The van der Waals surface area contributed by atoms with Gasteiger partial charge in [0.25, 0.3) is 0 Å². The molecule has 1 atom stereocenters. The molecule has 1 N–H and O–H groups in total. The van der Waals surface area contributed by atoms with E-state index in [1.807, 2.05) is 0 Å². The van der Waals surface area contributed by atoms with Gasteiger partial charge in [0.05, 0.1) is 0 Å². The van der Waals surface area contributed by atoms with Crippen LogP contribution in [0.25, 0.3) is 0 Å². The number of halogens is 2. The SMILES string of the molecule is Fc1ccc(C2CN2)cc1F. The van der Waals surface area contributed by atoms with Crippen LogP contribution in [0, 0.1) is 11.6 Å². The van der Waals surface area contributed by atoms with Gasteiger partial charge in [-0.25, -0.2) is 8.78 Å². The molecular formula is C8H7F2N. The fourth-order valence-corrected chi connectivity index (χ4v) is 1.02. The highest BCUT2D eigenvalue weighted by Gasteiger charge is 2.22. The van der Waals surface area contributed by atoms with E-state index in [-0.39, 0.29) is 6.04 Å². The van der Waals surface area contributed by atoms with E-state index in [0.717, 1.165) is 18.2 Å². The summed E-state index contributed by atoms with van der Waals surface area (Å²) in [5.74, 6) is -1.55. The van der Waals surface area contributed by atoms with Gasteiger partial charge in [-0.1, -0.05) is 6.07 Å². The average Bonchev–Trinajstić information content (AvgIpc) is 2.77. The summed E-state index contributed by atoms with van der Waals surface area (Å²) in [6, 6.07) is 4.23. The number of rotatable bonds is 1. The molecule has 1 aromatic carbocycles. The van der Waals surface area contributed by atoms with Crippen LogP contribution in [0.5, 0.6) is 0 Å². The number of nitrogens with one attached hydrogen (secondary N) is 1. The maximum atomic E-state index is 12.6. The van der Waals surface area contributed by atoms with Crippen molar-refractivity contribution in [2.75, 3.05) is 6.54 Å². The van der Waals surface area contributed by atoms with Gasteiger partial charge in [0.2, 0.25) is 0 Å². The second-order valence-electron chi connectivity index (χ2n) is 2.63. The zero-order chi connectivity index (χ0) is 7.84. The minimum atomic E-state index is -0.783. The number of hydrogen-bond donors (Lipinski definition) is 1. The molecule has 0 saturated carbocycles. The van der Waals surface area contributed by atoms with Crippen LogP contribution in [0.15, 0.2) is 18.2 Å². The normalized spacial score (nSPS) is 21.8. The maximum absolute atomic E-state index is 12.6. The van der Waals surface area contributed by atoms with Crippen molar-refractivity contribution < 1.29 is 8.78 Å². The van der Waals surface area contributed by atoms with E-state index in [4.69, 9.17) is 0 Å². The molecule has 1 saturated heterocycles. The molecular weight excluding hydrogens is 148 g/mol. The number of benzene rings is 1. The lowest BCUT2D eigenvalue weighted by Gasteiger charge is -1.96. The van der Waals surface area contributed by atoms with Crippen molar-refractivity contribution in [2.45, 2.75) is 6.04 Å². The molecule has 1 aromatic rings. The van der Waals surface area contributed by atoms with Crippen molar-refractivity contribution in [3.63, 3.8) is 0 Å². The molecule has 1 unspecified atom stereocenters. The lowest BCUT2D eigenvalue weighted by molar-refractivity contribution is 0.507. The first-order valence-corrected chi connectivity index (χ1v) is 3.46. The minimum absolute atomic E-state index is 0.241. The van der Waals surface area contributed by atoms with E-state index in [1.54, 1.807) is 6.07 Å². The van der Waals surface area contributed by atoms with E-state index >= 15 is 0 Å². The summed E-state index contributed by atoms with van der Waals surface area (Å²) in [7, 11) is 0. The van der Waals surface area contributed by atoms with Gasteiger partial charge < -0.3 is 5.32 Å². The summed E-state index contributed by atoms with van der Waals surface area (Å²) in [6.45, 7) is 0.866. The van der Waals surface area contributed by atoms with Gasteiger partial charge in [-0.15, -0.1) is 0 Å². The quantitative estimate of drug-likeness (QED) is 0.611. The van der Waals surface area contributed by atoms with Crippen LogP contribution in [-0.4, -0.2) is 6.54 Å². The summed E-state index contributed by atoms with van der Waals surface area (Å²) in [6.07, 6.45) is 0. The molecule has 2 rings (SSSR count). The molecule has 11 heavy (non-hydrogen) atoms. The Bertz CT molecular complexity index is 281. The Hall–Kier alpha value is -0.960. The van der Waals surface area contributed by atoms with E-state index in [1.165, 1.54) is 6.07 Å². The Morgan fingerprint density at radius 2 is 2.00 bits per heavy atom. The molecule has 0 bridgehead atoms. The van der Waals surface area contributed by atoms with E-state index < -0.39 is 11.6 Å². The average molecular weight is 155 g/mol. The lowest BCUT2D eigenvalue weighted by atomic mass is 10.1. The third kappa shape index (κ3) is 1.24.